The van der Waals surface area contributed by atoms with Crippen molar-refractivity contribution in [1.82, 2.24) is 5.32 Å². The Morgan fingerprint density at radius 3 is 2.29 bits per heavy atom. The van der Waals surface area contributed by atoms with E-state index in [9.17, 15) is 22.8 Å². The highest BCUT2D eigenvalue weighted by Crippen LogP contribution is 2.28. The van der Waals surface area contributed by atoms with Crippen molar-refractivity contribution in [1.29, 1.82) is 0 Å². The number of hydrogen-bond donors (Lipinski definition) is 2. The van der Waals surface area contributed by atoms with Gasteiger partial charge in [-0.15, -0.1) is 13.2 Å². The smallest absolute Gasteiger partial charge is 0.481 e. The molecule has 1 aromatic rings. The molecule has 0 aromatic heterocycles. The van der Waals surface area contributed by atoms with E-state index in [1.54, 1.807) is 0 Å². The highest BCUT2D eigenvalue weighted by Gasteiger charge is 2.31. The average Bonchev–Trinajstić information content (AvgIpc) is 2.99. The van der Waals surface area contributed by atoms with Crippen LogP contribution >= 0.6 is 0 Å². The van der Waals surface area contributed by atoms with Gasteiger partial charge in [0.2, 0.25) is 5.91 Å². The van der Waals surface area contributed by atoms with Gasteiger partial charge in [-0.3, -0.25) is 9.59 Å². The van der Waals surface area contributed by atoms with Gasteiger partial charge >= 0.3 is 12.3 Å². The third kappa shape index (κ3) is 5.43. The Kier molecular flexibility index (Phi) is 5.69. The molecule has 5 nitrogen and oxygen atoms in total. The molecular formula is C16H18F3NO4. The first-order valence-electron chi connectivity index (χ1n) is 7.62. The quantitative estimate of drug-likeness (QED) is 0.828. The van der Waals surface area contributed by atoms with Crippen LogP contribution in [-0.4, -0.2) is 23.3 Å². The molecule has 8 heteroatoms. The molecule has 1 unspecified atom stereocenters. The van der Waals surface area contributed by atoms with Crippen LogP contribution in [0.15, 0.2) is 24.3 Å². The molecule has 2 rings (SSSR count). The maximum atomic E-state index is 12.2. The topological polar surface area (TPSA) is 75.6 Å². The van der Waals surface area contributed by atoms with Gasteiger partial charge in [-0.05, 0) is 30.5 Å². The standard InChI is InChI=1S/C16H18F3NO4/c17-16(18,19)24-12-7-5-10(6-8-12)13(9-14(21)22)20-15(23)11-3-1-2-4-11/h5-8,11,13H,1-4,9H2,(H,20,23)(H,21,22). The van der Waals surface area contributed by atoms with E-state index in [-0.39, 0.29) is 18.2 Å². The van der Waals surface area contributed by atoms with Crippen LogP contribution in [0, 0.1) is 5.92 Å². The number of benzene rings is 1. The van der Waals surface area contributed by atoms with Crippen molar-refractivity contribution in [2.45, 2.75) is 44.5 Å². The molecule has 24 heavy (non-hydrogen) atoms. The zero-order chi connectivity index (χ0) is 17.7. The van der Waals surface area contributed by atoms with Crippen LogP contribution in [0.3, 0.4) is 0 Å². The molecule has 0 radical (unpaired) electrons. The molecule has 0 aliphatic heterocycles. The third-order valence-corrected chi connectivity index (χ3v) is 3.94. The summed E-state index contributed by atoms with van der Waals surface area (Å²) >= 11 is 0. The number of carboxylic acid groups (broad SMARTS) is 1. The maximum absolute atomic E-state index is 12.2. The van der Waals surface area contributed by atoms with Gasteiger partial charge in [-0.2, -0.15) is 0 Å². The number of halogens is 3. The SMILES string of the molecule is O=C(O)CC(NC(=O)C1CCCC1)c1ccc(OC(F)(F)F)cc1. The minimum Gasteiger partial charge on any atom is -0.481 e. The van der Waals surface area contributed by atoms with E-state index in [1.165, 1.54) is 12.1 Å². The fourth-order valence-corrected chi connectivity index (χ4v) is 2.81. The molecule has 0 heterocycles. The van der Waals surface area contributed by atoms with Gasteiger partial charge in [0.05, 0.1) is 12.5 Å². The van der Waals surface area contributed by atoms with Crippen molar-refractivity contribution in [3.05, 3.63) is 29.8 Å². The molecule has 1 aliphatic carbocycles. The number of carbonyl (C=O) groups excluding carboxylic acids is 1. The Hall–Kier alpha value is -2.25. The Balaban J connectivity index is 2.08. The molecule has 0 saturated heterocycles. The van der Waals surface area contributed by atoms with Crippen LogP contribution in [0.1, 0.15) is 43.7 Å². The molecule has 0 spiro atoms. The number of aliphatic carboxylic acids is 1. The van der Waals surface area contributed by atoms with Crippen molar-refractivity contribution < 1.29 is 32.6 Å². The minimum absolute atomic E-state index is 0.130. The molecule has 1 fully saturated rings. The summed E-state index contributed by atoms with van der Waals surface area (Å²) in [6.45, 7) is 0. The number of ether oxygens (including phenoxy) is 1. The number of alkyl halides is 3. The Bertz CT molecular complexity index is 580. The largest absolute Gasteiger partial charge is 0.573 e. The zero-order valence-corrected chi connectivity index (χ0v) is 12.8. The molecule has 1 atom stereocenters. The van der Waals surface area contributed by atoms with Crippen molar-refractivity contribution in [2.75, 3.05) is 0 Å². The van der Waals surface area contributed by atoms with Crippen LogP contribution in [0.4, 0.5) is 13.2 Å². The Morgan fingerprint density at radius 1 is 1.21 bits per heavy atom. The summed E-state index contributed by atoms with van der Waals surface area (Å²) < 4.78 is 40.3. The van der Waals surface area contributed by atoms with Gasteiger partial charge in [-0.25, -0.2) is 0 Å². The summed E-state index contributed by atoms with van der Waals surface area (Å²) in [6, 6.07) is 4.04. The Morgan fingerprint density at radius 2 is 1.79 bits per heavy atom. The number of rotatable bonds is 6. The van der Waals surface area contributed by atoms with Crippen LogP contribution in [0.2, 0.25) is 0 Å². The van der Waals surface area contributed by atoms with Gasteiger partial charge in [0, 0.05) is 5.92 Å². The molecular weight excluding hydrogens is 327 g/mol. The first-order valence-corrected chi connectivity index (χ1v) is 7.62. The first kappa shape index (κ1) is 18.1. The van der Waals surface area contributed by atoms with Gasteiger partial charge in [0.1, 0.15) is 5.75 Å². The lowest BCUT2D eigenvalue weighted by atomic mass is 10.0. The van der Waals surface area contributed by atoms with E-state index in [0.717, 1.165) is 37.8 Å². The van der Waals surface area contributed by atoms with Crippen LogP contribution in [0.5, 0.6) is 5.75 Å². The van der Waals surface area contributed by atoms with Gasteiger partial charge < -0.3 is 15.2 Å². The monoisotopic (exact) mass is 345 g/mol. The van der Waals surface area contributed by atoms with Gasteiger partial charge in [-0.1, -0.05) is 25.0 Å². The second-order valence-electron chi connectivity index (χ2n) is 5.76. The summed E-state index contributed by atoms with van der Waals surface area (Å²) in [7, 11) is 0. The average molecular weight is 345 g/mol. The molecule has 2 N–H and O–H groups in total. The molecule has 1 aromatic carbocycles. The molecule has 1 saturated carbocycles. The second-order valence-corrected chi connectivity index (χ2v) is 5.76. The van der Waals surface area contributed by atoms with Gasteiger partial charge in [0.25, 0.3) is 0 Å². The lowest BCUT2D eigenvalue weighted by Crippen LogP contribution is -2.34. The van der Waals surface area contributed by atoms with Gasteiger partial charge in [0.15, 0.2) is 0 Å². The van der Waals surface area contributed by atoms with E-state index in [2.05, 4.69) is 10.1 Å². The number of carboxylic acids is 1. The highest BCUT2D eigenvalue weighted by atomic mass is 19.4. The van der Waals surface area contributed by atoms with Crippen LogP contribution in [0.25, 0.3) is 0 Å². The second kappa shape index (κ2) is 7.55. The third-order valence-electron chi connectivity index (χ3n) is 3.94. The summed E-state index contributed by atoms with van der Waals surface area (Å²) in [4.78, 5) is 23.2. The van der Waals surface area contributed by atoms with Crippen LogP contribution < -0.4 is 10.1 Å². The van der Waals surface area contributed by atoms with Crippen molar-refractivity contribution in [2.24, 2.45) is 5.92 Å². The maximum Gasteiger partial charge on any atom is 0.573 e. The fraction of sp³-hybridized carbons (Fsp3) is 0.500. The minimum atomic E-state index is -4.79. The molecule has 1 aliphatic rings. The number of nitrogens with one attached hydrogen (secondary N) is 1. The highest BCUT2D eigenvalue weighted by molar-refractivity contribution is 5.80. The van der Waals surface area contributed by atoms with E-state index >= 15 is 0 Å². The normalized spacial score (nSPS) is 16.6. The fourth-order valence-electron chi connectivity index (χ4n) is 2.81. The van der Waals surface area contributed by atoms with Crippen molar-refractivity contribution in [3.63, 3.8) is 0 Å². The van der Waals surface area contributed by atoms with Crippen molar-refractivity contribution >= 4 is 11.9 Å². The number of carbonyl (C=O) groups is 2. The van der Waals surface area contributed by atoms with E-state index < -0.39 is 24.1 Å². The summed E-state index contributed by atoms with van der Waals surface area (Å²) in [5.74, 6) is -1.85. The molecule has 132 valence electrons. The van der Waals surface area contributed by atoms with E-state index in [4.69, 9.17) is 5.11 Å². The zero-order valence-electron chi connectivity index (χ0n) is 12.8. The van der Waals surface area contributed by atoms with Crippen molar-refractivity contribution in [3.8, 4) is 5.75 Å². The lowest BCUT2D eigenvalue weighted by Gasteiger charge is -2.20. The van der Waals surface area contributed by atoms with E-state index in [1.807, 2.05) is 0 Å². The summed E-state index contributed by atoms with van der Waals surface area (Å²) in [5, 5.41) is 11.7. The molecule has 1 amide bonds. The Labute approximate surface area is 136 Å². The van der Waals surface area contributed by atoms with Crippen LogP contribution in [-0.2, 0) is 9.59 Å². The predicted molar refractivity (Wildman–Crippen MR) is 78.2 cm³/mol. The summed E-state index contributed by atoms with van der Waals surface area (Å²) in [5.41, 5.74) is 0.415. The first-order chi connectivity index (χ1) is 11.2. The molecule has 0 bridgehead atoms. The lowest BCUT2D eigenvalue weighted by molar-refractivity contribution is -0.274. The number of amides is 1. The van der Waals surface area contributed by atoms with E-state index in [0.29, 0.717) is 5.56 Å². The number of hydrogen-bond acceptors (Lipinski definition) is 3. The summed E-state index contributed by atoms with van der Waals surface area (Å²) in [6.07, 6.45) is -1.68. The predicted octanol–water partition coefficient (Wildman–Crippen LogP) is 3.41.